The second-order valence-electron chi connectivity index (χ2n) is 15.6. The Hall–Kier alpha value is -5.24. The van der Waals surface area contributed by atoms with Crippen molar-refractivity contribution in [3.05, 3.63) is 190 Å². The molecule has 0 unspecified atom stereocenters. The third kappa shape index (κ3) is 10.1. The van der Waals surface area contributed by atoms with Gasteiger partial charge in [-0.1, -0.05) is 109 Å². The van der Waals surface area contributed by atoms with Crippen molar-refractivity contribution < 1.29 is 0 Å². The molecule has 2 aromatic heterocycles. The minimum absolute atomic E-state index is 0. The van der Waals surface area contributed by atoms with Crippen LogP contribution in [-0.4, -0.2) is 31.6 Å². The Morgan fingerprint density at radius 3 is 1.66 bits per heavy atom. The van der Waals surface area contributed by atoms with Gasteiger partial charge in [-0.25, -0.2) is 9.97 Å². The number of rotatable bonds is 7. The lowest BCUT2D eigenvalue weighted by Gasteiger charge is -2.14. The molecule has 0 spiro atoms. The van der Waals surface area contributed by atoms with Crippen LogP contribution in [0.3, 0.4) is 0 Å². The molecule has 0 aliphatic heterocycles. The van der Waals surface area contributed by atoms with Gasteiger partial charge in [-0.2, -0.15) is 0 Å². The number of benzene rings is 6. The largest absolute Gasteiger partial charge is 0.345 e. The fraction of sp³-hybridized carbons (Fsp3) is 0.240. The summed E-state index contributed by atoms with van der Waals surface area (Å²) in [5.41, 5.74) is 19.7. The summed E-state index contributed by atoms with van der Waals surface area (Å²) in [6.45, 7) is 8.46. The highest BCUT2D eigenvalue weighted by molar-refractivity contribution is 5.85. The zero-order valence-electron chi connectivity index (χ0n) is 33.8. The number of H-pyrrole nitrogens is 1. The number of nitrogens with one attached hydrogen (secondary N) is 3. The van der Waals surface area contributed by atoms with E-state index in [0.29, 0.717) is 12.1 Å². The highest BCUT2D eigenvalue weighted by Crippen LogP contribution is 2.27. The lowest BCUT2D eigenvalue weighted by molar-refractivity contribution is 0.532. The van der Waals surface area contributed by atoms with Crippen LogP contribution in [-0.2, 0) is 45.8 Å². The molecular formula is C50H54Cl2N6. The highest BCUT2D eigenvalue weighted by atomic mass is 35.5. The molecule has 8 aromatic rings. The number of hydrogen-bond donors (Lipinski definition) is 3. The van der Waals surface area contributed by atoms with Crippen molar-refractivity contribution in [1.29, 1.82) is 0 Å². The zero-order chi connectivity index (χ0) is 38.4. The van der Waals surface area contributed by atoms with Crippen molar-refractivity contribution in [3.8, 4) is 11.1 Å². The van der Waals surface area contributed by atoms with Gasteiger partial charge in [-0.3, -0.25) is 0 Å². The number of hydrogen-bond acceptors (Lipinski definition) is 4. The molecule has 0 saturated heterocycles. The fourth-order valence-electron chi connectivity index (χ4n) is 8.23. The lowest BCUT2D eigenvalue weighted by Crippen LogP contribution is -2.29. The number of fused-ring (bicyclic) bond motifs is 4. The van der Waals surface area contributed by atoms with E-state index >= 15 is 0 Å². The predicted octanol–water partition coefficient (Wildman–Crippen LogP) is 10.8. The first-order chi connectivity index (χ1) is 27.4. The van der Waals surface area contributed by atoms with Crippen LogP contribution in [0.1, 0.15) is 50.1 Å². The predicted molar refractivity (Wildman–Crippen MR) is 246 cm³/mol. The molecule has 2 aliphatic carbocycles. The first-order valence-electron chi connectivity index (χ1n) is 19.9. The van der Waals surface area contributed by atoms with Gasteiger partial charge in [-0.15, -0.1) is 24.8 Å². The van der Waals surface area contributed by atoms with Crippen LogP contribution >= 0.6 is 24.8 Å². The van der Waals surface area contributed by atoms with E-state index in [2.05, 4.69) is 156 Å². The molecule has 0 saturated carbocycles. The zero-order valence-corrected chi connectivity index (χ0v) is 35.5. The van der Waals surface area contributed by atoms with Gasteiger partial charge in [0.15, 0.2) is 0 Å². The van der Waals surface area contributed by atoms with E-state index in [1.807, 2.05) is 36.1 Å². The van der Waals surface area contributed by atoms with Gasteiger partial charge in [0.1, 0.15) is 0 Å². The molecule has 58 heavy (non-hydrogen) atoms. The van der Waals surface area contributed by atoms with Crippen molar-refractivity contribution in [2.75, 3.05) is 0 Å². The van der Waals surface area contributed by atoms with Crippen LogP contribution in [0, 0.1) is 20.8 Å². The third-order valence-corrected chi connectivity index (χ3v) is 11.5. The van der Waals surface area contributed by atoms with Gasteiger partial charge in [0.25, 0.3) is 0 Å². The van der Waals surface area contributed by atoms with E-state index in [1.165, 1.54) is 79.6 Å². The van der Waals surface area contributed by atoms with E-state index in [0.717, 1.165) is 42.5 Å². The molecule has 0 radical (unpaired) electrons. The summed E-state index contributed by atoms with van der Waals surface area (Å²) in [4.78, 5) is 11.7. The number of nitrogens with zero attached hydrogens (tertiary/aromatic N) is 3. The minimum Gasteiger partial charge on any atom is -0.345 e. The average Bonchev–Trinajstić information content (AvgIpc) is 4.03. The van der Waals surface area contributed by atoms with E-state index in [-0.39, 0.29) is 24.8 Å². The van der Waals surface area contributed by atoms with Crippen LogP contribution in [0.4, 0.5) is 0 Å². The topological polar surface area (TPSA) is 70.6 Å². The summed E-state index contributed by atoms with van der Waals surface area (Å²) < 4.78 is 2.01. The number of halogens is 2. The van der Waals surface area contributed by atoms with E-state index in [9.17, 15) is 0 Å². The normalized spacial score (nSPS) is 13.1. The van der Waals surface area contributed by atoms with Gasteiger partial charge in [0, 0.05) is 32.2 Å². The van der Waals surface area contributed by atoms with Gasteiger partial charge in [0.05, 0.1) is 34.7 Å². The van der Waals surface area contributed by atoms with Gasteiger partial charge in [-0.05, 0) is 126 Å². The van der Waals surface area contributed by atoms with Gasteiger partial charge >= 0.3 is 0 Å². The minimum atomic E-state index is 0. The molecule has 0 atom stereocenters. The van der Waals surface area contributed by atoms with Crippen LogP contribution < -0.4 is 10.6 Å². The second-order valence-corrected chi connectivity index (χ2v) is 15.6. The molecule has 6 aromatic carbocycles. The number of para-hydroxylation sites is 2. The quantitative estimate of drug-likeness (QED) is 0.150. The van der Waals surface area contributed by atoms with Crippen molar-refractivity contribution in [2.45, 2.75) is 71.6 Å². The number of aryl methyl sites for hydroxylation is 4. The molecule has 0 amide bonds. The molecular weight excluding hydrogens is 755 g/mol. The summed E-state index contributed by atoms with van der Waals surface area (Å²) in [7, 11) is 2.00. The van der Waals surface area contributed by atoms with Gasteiger partial charge < -0.3 is 20.2 Å². The Morgan fingerprint density at radius 1 is 0.569 bits per heavy atom. The Balaban J connectivity index is 0.000000159. The highest BCUT2D eigenvalue weighted by Gasteiger charge is 2.21. The molecule has 0 bridgehead atoms. The SMILES string of the molecule is Cc1cc(-c2ccc3nc[nH]c3c2)ccc1CNC1Cc2ccccc2C1.Cc1ccc(CNC2Cc3ccccc3C2)c(C)c1.Cl.Cl.Cn1cnc2ccccc21. The summed E-state index contributed by atoms with van der Waals surface area (Å²) >= 11 is 0. The van der Waals surface area contributed by atoms with Crippen LogP contribution in [0.5, 0.6) is 0 Å². The van der Waals surface area contributed by atoms with E-state index < -0.39 is 0 Å². The molecule has 298 valence electrons. The summed E-state index contributed by atoms with van der Waals surface area (Å²) in [5.74, 6) is 0. The van der Waals surface area contributed by atoms with Crippen LogP contribution in [0.2, 0.25) is 0 Å². The molecule has 2 heterocycles. The maximum absolute atomic E-state index is 4.30. The number of imidazole rings is 2. The molecule has 8 heteroatoms. The van der Waals surface area contributed by atoms with E-state index in [4.69, 9.17) is 0 Å². The molecule has 3 N–H and O–H groups in total. The summed E-state index contributed by atoms with van der Waals surface area (Å²) in [6.07, 6.45) is 8.18. The smallest absolute Gasteiger partial charge is 0.0955 e. The first-order valence-corrected chi connectivity index (χ1v) is 19.9. The Labute approximate surface area is 355 Å². The number of aromatic amines is 1. The summed E-state index contributed by atoms with van der Waals surface area (Å²) in [5, 5.41) is 7.46. The standard InChI is InChI=1S/C24H23N3.C18H21N.C8H8N2.2ClH/c1-16-10-19(20-8-9-23-24(13-20)27-15-26-23)6-7-21(16)14-25-22-11-17-4-2-3-5-18(17)12-22;1-13-7-8-17(14(2)9-13)12-19-18-10-15-5-3-4-6-16(15)11-18;1-10-6-9-7-4-2-3-5-8(7)10;;/h2-10,13,15,22,25H,11-12,14H2,1H3,(H,26,27);3-9,18-19H,10-12H2,1-2H3;2-6H,1H3;2*1H. The molecule has 0 fully saturated rings. The summed E-state index contributed by atoms with van der Waals surface area (Å²) in [6, 6.07) is 46.7. The second kappa shape index (κ2) is 19.5. The lowest BCUT2D eigenvalue weighted by atomic mass is 9.99. The van der Waals surface area contributed by atoms with Gasteiger partial charge in [0.2, 0.25) is 0 Å². The maximum atomic E-state index is 4.30. The van der Waals surface area contributed by atoms with Crippen molar-refractivity contribution >= 4 is 46.9 Å². The van der Waals surface area contributed by atoms with Crippen LogP contribution in [0.15, 0.2) is 140 Å². The van der Waals surface area contributed by atoms with Crippen LogP contribution in [0.25, 0.3) is 33.2 Å². The van der Waals surface area contributed by atoms with Crippen molar-refractivity contribution in [1.82, 2.24) is 30.2 Å². The Kier molecular flexibility index (Phi) is 14.2. The van der Waals surface area contributed by atoms with Crippen molar-refractivity contribution in [2.24, 2.45) is 7.05 Å². The van der Waals surface area contributed by atoms with E-state index in [1.54, 1.807) is 6.33 Å². The Bertz CT molecular complexity index is 2540. The molecule has 10 rings (SSSR count). The number of aromatic nitrogens is 4. The monoisotopic (exact) mass is 808 g/mol. The average molecular weight is 810 g/mol. The Morgan fingerprint density at radius 2 is 1.09 bits per heavy atom. The van der Waals surface area contributed by atoms with Crippen molar-refractivity contribution in [3.63, 3.8) is 0 Å². The maximum Gasteiger partial charge on any atom is 0.0955 e. The molecule has 6 nitrogen and oxygen atoms in total. The first kappa shape index (κ1) is 42.4. The third-order valence-electron chi connectivity index (χ3n) is 11.5. The molecule has 2 aliphatic rings. The fourth-order valence-corrected chi connectivity index (χ4v) is 8.23.